The van der Waals surface area contributed by atoms with Crippen molar-refractivity contribution in [1.29, 1.82) is 0 Å². The SMILES string of the molecule is CCC1(C)CC(C)=NN1. The molecule has 0 radical (unpaired) electrons. The van der Waals surface area contributed by atoms with Crippen molar-refractivity contribution in [3.8, 4) is 0 Å². The van der Waals surface area contributed by atoms with Gasteiger partial charge in [-0.3, -0.25) is 0 Å². The lowest BCUT2D eigenvalue weighted by Gasteiger charge is -2.20. The maximum Gasteiger partial charge on any atom is 0.0570 e. The number of hydrogen-bond acceptors (Lipinski definition) is 2. The third kappa shape index (κ3) is 1.23. The van der Waals surface area contributed by atoms with Crippen molar-refractivity contribution in [2.45, 2.75) is 39.2 Å². The summed E-state index contributed by atoms with van der Waals surface area (Å²) in [5.74, 6) is 0. The van der Waals surface area contributed by atoms with Gasteiger partial charge in [0, 0.05) is 12.1 Å². The molecular formula is C7H14N2. The van der Waals surface area contributed by atoms with Gasteiger partial charge in [-0.25, -0.2) is 0 Å². The van der Waals surface area contributed by atoms with Crippen molar-refractivity contribution in [3.63, 3.8) is 0 Å². The first-order valence-electron chi connectivity index (χ1n) is 3.46. The quantitative estimate of drug-likeness (QED) is 0.566. The van der Waals surface area contributed by atoms with Crippen LogP contribution in [-0.2, 0) is 0 Å². The lowest BCUT2D eigenvalue weighted by atomic mass is 9.95. The minimum atomic E-state index is 0.254. The molecule has 0 bridgehead atoms. The fourth-order valence-electron chi connectivity index (χ4n) is 1.08. The van der Waals surface area contributed by atoms with Crippen LogP contribution in [0.15, 0.2) is 5.10 Å². The van der Waals surface area contributed by atoms with Crippen molar-refractivity contribution in [3.05, 3.63) is 0 Å². The zero-order valence-electron chi connectivity index (χ0n) is 6.36. The highest BCUT2D eigenvalue weighted by atomic mass is 15.4. The second-order valence-corrected chi connectivity index (χ2v) is 3.05. The Balaban J connectivity index is 2.53. The summed E-state index contributed by atoms with van der Waals surface area (Å²) >= 11 is 0. The fourth-order valence-corrected chi connectivity index (χ4v) is 1.08. The van der Waals surface area contributed by atoms with E-state index >= 15 is 0 Å². The Bertz CT molecular complexity index is 140. The van der Waals surface area contributed by atoms with E-state index in [1.54, 1.807) is 0 Å². The van der Waals surface area contributed by atoms with Crippen LogP contribution in [0.25, 0.3) is 0 Å². The molecule has 1 aliphatic rings. The van der Waals surface area contributed by atoms with Gasteiger partial charge in [-0.05, 0) is 20.3 Å². The molecule has 52 valence electrons. The molecule has 1 unspecified atom stereocenters. The van der Waals surface area contributed by atoms with Gasteiger partial charge in [-0.15, -0.1) is 0 Å². The van der Waals surface area contributed by atoms with Crippen LogP contribution in [0.3, 0.4) is 0 Å². The Kier molecular flexibility index (Phi) is 1.47. The summed E-state index contributed by atoms with van der Waals surface area (Å²) in [6.45, 7) is 6.45. The van der Waals surface area contributed by atoms with Crippen LogP contribution in [0.4, 0.5) is 0 Å². The van der Waals surface area contributed by atoms with Crippen LogP contribution in [-0.4, -0.2) is 11.3 Å². The second kappa shape index (κ2) is 2.01. The molecule has 1 rings (SSSR count). The number of hydrazone groups is 1. The van der Waals surface area contributed by atoms with Crippen LogP contribution in [0, 0.1) is 0 Å². The Morgan fingerprint density at radius 3 is 2.67 bits per heavy atom. The van der Waals surface area contributed by atoms with E-state index in [1.165, 1.54) is 5.71 Å². The molecule has 1 aliphatic heterocycles. The Labute approximate surface area is 56.3 Å². The molecule has 2 nitrogen and oxygen atoms in total. The third-order valence-corrected chi connectivity index (χ3v) is 1.94. The van der Waals surface area contributed by atoms with Gasteiger partial charge in [0.05, 0.1) is 5.54 Å². The van der Waals surface area contributed by atoms with Gasteiger partial charge in [-0.2, -0.15) is 5.10 Å². The first-order chi connectivity index (χ1) is 4.16. The van der Waals surface area contributed by atoms with E-state index in [0.29, 0.717) is 0 Å². The summed E-state index contributed by atoms with van der Waals surface area (Å²) in [4.78, 5) is 0. The molecule has 0 aromatic heterocycles. The molecule has 0 aromatic carbocycles. The summed E-state index contributed by atoms with van der Waals surface area (Å²) in [6, 6.07) is 0. The molecule has 1 heterocycles. The van der Waals surface area contributed by atoms with Crippen molar-refractivity contribution < 1.29 is 0 Å². The molecule has 0 aliphatic carbocycles. The molecule has 0 aromatic rings. The predicted octanol–water partition coefficient (Wildman–Crippen LogP) is 1.52. The van der Waals surface area contributed by atoms with Crippen molar-refractivity contribution in [2.75, 3.05) is 0 Å². The second-order valence-electron chi connectivity index (χ2n) is 3.05. The average molecular weight is 126 g/mol. The Morgan fingerprint density at radius 1 is 1.78 bits per heavy atom. The monoisotopic (exact) mass is 126 g/mol. The summed E-state index contributed by atoms with van der Waals surface area (Å²) in [5.41, 5.74) is 4.60. The fraction of sp³-hybridized carbons (Fsp3) is 0.857. The molecular weight excluding hydrogens is 112 g/mol. The average Bonchev–Trinajstić information content (AvgIpc) is 2.13. The normalized spacial score (nSPS) is 33.9. The highest BCUT2D eigenvalue weighted by Gasteiger charge is 2.26. The van der Waals surface area contributed by atoms with Gasteiger partial charge in [0.25, 0.3) is 0 Å². The molecule has 0 fully saturated rings. The molecule has 1 N–H and O–H groups in total. The van der Waals surface area contributed by atoms with Gasteiger partial charge >= 0.3 is 0 Å². The maximum atomic E-state index is 4.13. The minimum Gasteiger partial charge on any atom is -0.304 e. The minimum absolute atomic E-state index is 0.254. The van der Waals surface area contributed by atoms with E-state index in [0.717, 1.165) is 12.8 Å². The Hall–Kier alpha value is -0.530. The predicted molar refractivity (Wildman–Crippen MR) is 39.6 cm³/mol. The number of nitrogens with zero attached hydrogens (tertiary/aromatic N) is 1. The zero-order chi connectivity index (χ0) is 6.91. The molecule has 1 atom stereocenters. The van der Waals surface area contributed by atoms with Crippen LogP contribution in [0.2, 0.25) is 0 Å². The van der Waals surface area contributed by atoms with Crippen molar-refractivity contribution in [1.82, 2.24) is 5.43 Å². The summed E-state index contributed by atoms with van der Waals surface area (Å²) < 4.78 is 0. The van der Waals surface area contributed by atoms with Crippen molar-refractivity contribution >= 4 is 5.71 Å². The van der Waals surface area contributed by atoms with E-state index in [-0.39, 0.29) is 5.54 Å². The zero-order valence-corrected chi connectivity index (χ0v) is 6.36. The topological polar surface area (TPSA) is 24.4 Å². The lowest BCUT2D eigenvalue weighted by Crippen LogP contribution is -2.34. The van der Waals surface area contributed by atoms with Gasteiger partial charge < -0.3 is 5.43 Å². The van der Waals surface area contributed by atoms with Gasteiger partial charge in [0.2, 0.25) is 0 Å². The molecule has 0 saturated heterocycles. The van der Waals surface area contributed by atoms with Gasteiger partial charge in [0.1, 0.15) is 0 Å². The molecule has 9 heavy (non-hydrogen) atoms. The number of nitrogens with one attached hydrogen (secondary N) is 1. The highest BCUT2D eigenvalue weighted by molar-refractivity contribution is 5.84. The molecule has 0 amide bonds. The lowest BCUT2D eigenvalue weighted by molar-refractivity contribution is 0.391. The maximum absolute atomic E-state index is 4.13. The standard InChI is InChI=1S/C7H14N2/c1-4-7(3)5-6(2)8-9-7/h9H,4-5H2,1-3H3. The smallest absolute Gasteiger partial charge is 0.0570 e. The Morgan fingerprint density at radius 2 is 2.44 bits per heavy atom. The third-order valence-electron chi connectivity index (χ3n) is 1.94. The molecule has 2 heteroatoms. The summed E-state index contributed by atoms with van der Waals surface area (Å²) in [6.07, 6.45) is 2.25. The van der Waals surface area contributed by atoms with E-state index in [2.05, 4.69) is 31.3 Å². The van der Waals surface area contributed by atoms with Crippen LogP contribution < -0.4 is 5.43 Å². The van der Waals surface area contributed by atoms with E-state index in [1.807, 2.05) is 0 Å². The molecule has 0 spiro atoms. The van der Waals surface area contributed by atoms with Gasteiger partial charge in [0.15, 0.2) is 0 Å². The first-order valence-corrected chi connectivity index (χ1v) is 3.46. The molecule has 0 saturated carbocycles. The van der Waals surface area contributed by atoms with Crippen LogP contribution in [0.1, 0.15) is 33.6 Å². The number of hydrogen-bond donors (Lipinski definition) is 1. The summed E-state index contributed by atoms with van der Waals surface area (Å²) in [7, 11) is 0. The highest BCUT2D eigenvalue weighted by Crippen LogP contribution is 2.19. The van der Waals surface area contributed by atoms with E-state index in [4.69, 9.17) is 0 Å². The van der Waals surface area contributed by atoms with E-state index in [9.17, 15) is 0 Å². The first kappa shape index (κ1) is 6.59. The van der Waals surface area contributed by atoms with E-state index < -0.39 is 0 Å². The van der Waals surface area contributed by atoms with Crippen molar-refractivity contribution in [2.24, 2.45) is 5.10 Å². The van der Waals surface area contributed by atoms with Crippen LogP contribution >= 0.6 is 0 Å². The van der Waals surface area contributed by atoms with Crippen LogP contribution in [0.5, 0.6) is 0 Å². The summed E-state index contributed by atoms with van der Waals surface area (Å²) in [5, 5.41) is 4.13. The van der Waals surface area contributed by atoms with Gasteiger partial charge in [-0.1, -0.05) is 6.92 Å². The number of rotatable bonds is 1. The largest absolute Gasteiger partial charge is 0.304 e.